The number of hydrogen-bond acceptors (Lipinski definition) is 4. The molecule has 1 amide bonds. The van der Waals surface area contributed by atoms with Crippen LogP contribution in [0.1, 0.15) is 38.3 Å². The number of hydrogen-bond donors (Lipinski definition) is 1. The van der Waals surface area contributed by atoms with Crippen molar-refractivity contribution in [2.75, 3.05) is 26.4 Å². The Morgan fingerprint density at radius 1 is 1.13 bits per heavy atom. The fraction of sp³-hybridized carbons (Fsp3) is 0.346. The number of allylic oxidation sites excluding steroid dienone is 1. The van der Waals surface area contributed by atoms with E-state index in [1.54, 1.807) is 12.3 Å². The number of amides is 1. The lowest BCUT2D eigenvalue weighted by Gasteiger charge is -2.12. The Labute approximate surface area is 184 Å². The molecule has 1 N–H and O–H groups in total. The number of rotatable bonds is 10. The summed E-state index contributed by atoms with van der Waals surface area (Å²) in [5, 5.41) is 3.91. The van der Waals surface area contributed by atoms with E-state index in [9.17, 15) is 4.79 Å². The summed E-state index contributed by atoms with van der Waals surface area (Å²) < 4.78 is 17.0. The summed E-state index contributed by atoms with van der Waals surface area (Å²) in [5.41, 5.74) is 5.80. The molecule has 0 aliphatic rings. The molecule has 0 bridgehead atoms. The zero-order valence-electron chi connectivity index (χ0n) is 18.8. The van der Waals surface area contributed by atoms with Crippen molar-refractivity contribution in [2.45, 2.75) is 34.1 Å². The molecule has 3 rings (SSSR count). The van der Waals surface area contributed by atoms with E-state index in [-0.39, 0.29) is 5.91 Å². The Balaban J connectivity index is 1.90. The summed E-state index contributed by atoms with van der Waals surface area (Å²) in [5.74, 6) is 0.584. The number of aryl methyl sites for hydroxylation is 1. The highest BCUT2D eigenvalue weighted by Gasteiger charge is 2.15. The van der Waals surface area contributed by atoms with Crippen LogP contribution >= 0.6 is 0 Å². The van der Waals surface area contributed by atoms with Crippen LogP contribution in [0.3, 0.4) is 0 Å². The number of benzene rings is 2. The van der Waals surface area contributed by atoms with Crippen LogP contribution in [0.2, 0.25) is 0 Å². The highest BCUT2D eigenvalue weighted by Crippen LogP contribution is 2.37. The lowest BCUT2D eigenvalue weighted by atomic mass is 9.99. The predicted octanol–water partition coefficient (Wildman–Crippen LogP) is 5.75. The smallest absolute Gasteiger partial charge is 0.244 e. The molecule has 164 valence electrons. The highest BCUT2D eigenvalue weighted by atomic mass is 16.5. The van der Waals surface area contributed by atoms with Gasteiger partial charge in [0.15, 0.2) is 0 Å². The van der Waals surface area contributed by atoms with Crippen LogP contribution in [0, 0.1) is 6.92 Å². The number of ether oxygens (including phenoxy) is 2. The maximum Gasteiger partial charge on any atom is 0.244 e. The van der Waals surface area contributed by atoms with Crippen molar-refractivity contribution in [3.63, 3.8) is 0 Å². The molecule has 2 aromatic carbocycles. The molecule has 0 saturated heterocycles. The van der Waals surface area contributed by atoms with Crippen LogP contribution < -0.4 is 10.1 Å². The molecule has 0 atom stereocenters. The summed E-state index contributed by atoms with van der Waals surface area (Å²) in [6.45, 7) is 10.3. The molecule has 1 aromatic heterocycles. The molecule has 0 fully saturated rings. The summed E-state index contributed by atoms with van der Waals surface area (Å²) in [6.07, 6.45) is 4.19. The average Bonchev–Trinajstić information content (AvgIpc) is 3.16. The van der Waals surface area contributed by atoms with Crippen molar-refractivity contribution < 1.29 is 18.7 Å². The number of nitrogens with one attached hydrogen (secondary N) is 1. The molecule has 0 unspecified atom stereocenters. The van der Waals surface area contributed by atoms with Crippen molar-refractivity contribution in [3.05, 3.63) is 59.9 Å². The normalized spacial score (nSPS) is 11.7. The van der Waals surface area contributed by atoms with E-state index in [0.717, 1.165) is 39.7 Å². The van der Waals surface area contributed by atoms with Crippen molar-refractivity contribution in [1.29, 1.82) is 0 Å². The van der Waals surface area contributed by atoms with Crippen molar-refractivity contribution in [3.8, 4) is 16.9 Å². The minimum absolute atomic E-state index is 0.123. The Morgan fingerprint density at radius 2 is 1.90 bits per heavy atom. The Morgan fingerprint density at radius 3 is 2.61 bits per heavy atom. The van der Waals surface area contributed by atoms with Gasteiger partial charge in [-0.2, -0.15) is 0 Å². The summed E-state index contributed by atoms with van der Waals surface area (Å²) in [6, 6.07) is 12.3. The van der Waals surface area contributed by atoms with Crippen LogP contribution in [-0.2, 0) is 9.53 Å². The van der Waals surface area contributed by atoms with Gasteiger partial charge in [0.05, 0.1) is 12.9 Å². The number of fused-ring (bicyclic) bond motifs is 1. The topological polar surface area (TPSA) is 60.7 Å². The van der Waals surface area contributed by atoms with E-state index >= 15 is 0 Å². The fourth-order valence-corrected chi connectivity index (χ4v) is 3.45. The van der Waals surface area contributed by atoms with Gasteiger partial charge in [-0.05, 0) is 51.3 Å². The molecule has 3 aromatic rings. The van der Waals surface area contributed by atoms with Gasteiger partial charge in [0, 0.05) is 48.4 Å². The first kappa shape index (κ1) is 22.6. The summed E-state index contributed by atoms with van der Waals surface area (Å²) >= 11 is 0. The number of furan rings is 1. The molecule has 0 saturated carbocycles. The molecule has 0 aliphatic carbocycles. The van der Waals surface area contributed by atoms with Crippen molar-refractivity contribution in [2.24, 2.45) is 0 Å². The van der Waals surface area contributed by atoms with E-state index < -0.39 is 0 Å². The molecular weight excluding hydrogens is 390 g/mol. The second-order valence-electron chi connectivity index (χ2n) is 7.46. The van der Waals surface area contributed by atoms with Gasteiger partial charge in [0.25, 0.3) is 0 Å². The second kappa shape index (κ2) is 10.8. The van der Waals surface area contributed by atoms with Gasteiger partial charge >= 0.3 is 0 Å². The van der Waals surface area contributed by atoms with Gasteiger partial charge in [-0.25, -0.2) is 0 Å². The van der Waals surface area contributed by atoms with Gasteiger partial charge in [-0.15, -0.1) is 0 Å². The number of carbonyl (C=O) groups excluding carboxylic acids is 1. The summed E-state index contributed by atoms with van der Waals surface area (Å²) in [4.78, 5) is 12.4. The lowest BCUT2D eigenvalue weighted by molar-refractivity contribution is -0.116. The van der Waals surface area contributed by atoms with Crippen molar-refractivity contribution in [1.82, 2.24) is 5.32 Å². The molecule has 1 heterocycles. The van der Waals surface area contributed by atoms with Gasteiger partial charge in [0.1, 0.15) is 11.3 Å². The maximum absolute atomic E-state index is 12.4. The third kappa shape index (κ3) is 5.76. The summed E-state index contributed by atoms with van der Waals surface area (Å²) in [7, 11) is 0. The van der Waals surface area contributed by atoms with Gasteiger partial charge < -0.3 is 19.2 Å². The van der Waals surface area contributed by atoms with Crippen LogP contribution in [-0.4, -0.2) is 32.3 Å². The van der Waals surface area contributed by atoms with E-state index in [1.165, 1.54) is 5.56 Å². The first-order valence-electron chi connectivity index (χ1n) is 10.8. The van der Waals surface area contributed by atoms with E-state index in [0.29, 0.717) is 32.1 Å². The highest BCUT2D eigenvalue weighted by molar-refractivity contribution is 6.00. The van der Waals surface area contributed by atoms with E-state index in [1.807, 2.05) is 32.9 Å². The lowest BCUT2D eigenvalue weighted by Crippen LogP contribution is -2.23. The molecule has 0 aliphatic heterocycles. The third-order valence-electron chi connectivity index (χ3n) is 5.08. The van der Waals surface area contributed by atoms with E-state index in [4.69, 9.17) is 13.9 Å². The maximum atomic E-state index is 12.4. The average molecular weight is 422 g/mol. The Bertz CT molecular complexity index is 1050. The zero-order valence-corrected chi connectivity index (χ0v) is 18.8. The first-order chi connectivity index (χ1) is 15.0. The molecule has 0 spiro atoms. The SMILES string of the molecule is CCOCCCNC(=O)/C=C(\C)c1cc2c(-c3ccc(C)cc3)coc2cc1OCC. The Kier molecular flexibility index (Phi) is 7.90. The minimum Gasteiger partial charge on any atom is -0.493 e. The minimum atomic E-state index is -0.123. The van der Waals surface area contributed by atoms with E-state index in [2.05, 4.69) is 36.5 Å². The zero-order chi connectivity index (χ0) is 22.2. The van der Waals surface area contributed by atoms with Crippen LogP contribution in [0.5, 0.6) is 5.75 Å². The Hall–Kier alpha value is -3.05. The standard InChI is InChI=1S/C26H31NO4/c1-5-29-13-7-12-27-26(28)14-19(4)21-15-22-23(20-10-8-18(3)9-11-20)17-31-25(22)16-24(21)30-6-2/h8-11,14-17H,5-7,12-13H2,1-4H3,(H,27,28)/b19-14+. The van der Waals surface area contributed by atoms with Crippen LogP contribution in [0.15, 0.2) is 53.2 Å². The van der Waals surface area contributed by atoms with Crippen LogP contribution in [0.25, 0.3) is 27.7 Å². The second-order valence-corrected chi connectivity index (χ2v) is 7.46. The molecule has 31 heavy (non-hydrogen) atoms. The quantitative estimate of drug-likeness (QED) is 0.334. The van der Waals surface area contributed by atoms with Crippen LogP contribution in [0.4, 0.5) is 0 Å². The molecular formula is C26H31NO4. The number of carbonyl (C=O) groups is 1. The van der Waals surface area contributed by atoms with Gasteiger partial charge in [0.2, 0.25) is 5.91 Å². The molecule has 5 heteroatoms. The third-order valence-corrected chi connectivity index (χ3v) is 5.08. The monoisotopic (exact) mass is 421 g/mol. The molecule has 5 nitrogen and oxygen atoms in total. The largest absolute Gasteiger partial charge is 0.493 e. The van der Waals surface area contributed by atoms with Crippen molar-refractivity contribution >= 4 is 22.4 Å². The van der Waals surface area contributed by atoms with Gasteiger partial charge in [-0.3, -0.25) is 4.79 Å². The van der Waals surface area contributed by atoms with Gasteiger partial charge in [-0.1, -0.05) is 29.8 Å². The first-order valence-corrected chi connectivity index (χ1v) is 10.8. The molecule has 0 radical (unpaired) electrons. The predicted molar refractivity (Wildman–Crippen MR) is 125 cm³/mol. The fourth-order valence-electron chi connectivity index (χ4n) is 3.45.